The lowest BCUT2D eigenvalue weighted by Gasteiger charge is -2.27. The third kappa shape index (κ3) is 5.82. The van der Waals surface area contributed by atoms with E-state index >= 15 is 0 Å². The molecule has 1 aromatic heterocycles. The van der Waals surface area contributed by atoms with Crippen LogP contribution < -0.4 is 4.90 Å². The van der Waals surface area contributed by atoms with Gasteiger partial charge in [-0.2, -0.15) is 0 Å². The van der Waals surface area contributed by atoms with Crippen molar-refractivity contribution < 1.29 is 0 Å². The zero-order valence-electron chi connectivity index (χ0n) is 31.8. The molecule has 11 aromatic rings. The molecule has 0 aliphatic carbocycles. The van der Waals surface area contributed by atoms with Crippen molar-refractivity contribution in [3.05, 3.63) is 231 Å². The van der Waals surface area contributed by atoms with Crippen molar-refractivity contribution in [2.24, 2.45) is 0 Å². The number of benzene rings is 10. The number of rotatable bonds is 7. The van der Waals surface area contributed by atoms with Gasteiger partial charge < -0.3 is 9.47 Å². The summed E-state index contributed by atoms with van der Waals surface area (Å²) in [6, 6.07) is 83.7. The average Bonchev–Trinajstić information content (AvgIpc) is 3.64. The Bertz CT molecular complexity index is 3250. The summed E-state index contributed by atoms with van der Waals surface area (Å²) in [5, 5.41) is 7.47. The van der Waals surface area contributed by atoms with Gasteiger partial charge in [0.25, 0.3) is 0 Å². The second kappa shape index (κ2) is 14.1. The molecule has 11 rings (SSSR count). The molecule has 2 heteroatoms. The van der Waals surface area contributed by atoms with Crippen LogP contribution >= 0.6 is 0 Å². The number of anilines is 3. The van der Waals surface area contributed by atoms with Crippen LogP contribution in [0.1, 0.15) is 0 Å². The molecule has 0 N–H and O–H groups in total. The van der Waals surface area contributed by atoms with Gasteiger partial charge in [-0.1, -0.05) is 170 Å². The fourth-order valence-corrected chi connectivity index (χ4v) is 8.81. The molecule has 58 heavy (non-hydrogen) atoms. The van der Waals surface area contributed by atoms with Crippen LogP contribution in [-0.4, -0.2) is 4.57 Å². The Balaban J connectivity index is 1.10. The molecule has 0 unspecified atom stereocenters. The quantitative estimate of drug-likeness (QED) is 0.148. The Morgan fingerprint density at radius 1 is 0.293 bits per heavy atom. The van der Waals surface area contributed by atoms with E-state index < -0.39 is 0 Å². The maximum atomic E-state index is 2.42. The van der Waals surface area contributed by atoms with Gasteiger partial charge in [0, 0.05) is 33.5 Å². The second-order valence-electron chi connectivity index (χ2n) is 15.0. The summed E-state index contributed by atoms with van der Waals surface area (Å²) in [4.78, 5) is 2.40. The smallest absolute Gasteiger partial charge is 0.0547 e. The summed E-state index contributed by atoms with van der Waals surface area (Å²) in [6.07, 6.45) is 0. The minimum Gasteiger partial charge on any atom is -0.310 e. The zero-order chi connectivity index (χ0) is 38.4. The van der Waals surface area contributed by atoms with Crippen molar-refractivity contribution in [2.75, 3.05) is 4.90 Å². The number of hydrogen-bond donors (Lipinski definition) is 0. The normalized spacial score (nSPS) is 11.4. The van der Waals surface area contributed by atoms with Gasteiger partial charge in [-0.05, 0) is 116 Å². The maximum Gasteiger partial charge on any atom is 0.0547 e. The Morgan fingerprint density at radius 3 is 1.66 bits per heavy atom. The van der Waals surface area contributed by atoms with Gasteiger partial charge in [0.1, 0.15) is 0 Å². The fourth-order valence-electron chi connectivity index (χ4n) is 8.81. The number of aromatic nitrogens is 1. The van der Waals surface area contributed by atoms with Crippen molar-refractivity contribution in [1.82, 2.24) is 4.57 Å². The first-order chi connectivity index (χ1) is 28.8. The van der Waals surface area contributed by atoms with E-state index in [0.717, 1.165) is 22.7 Å². The highest BCUT2D eigenvalue weighted by Gasteiger charge is 2.19. The molecule has 0 atom stereocenters. The van der Waals surface area contributed by atoms with Gasteiger partial charge in [0.05, 0.1) is 11.0 Å². The molecule has 0 saturated carbocycles. The lowest BCUT2D eigenvalue weighted by atomic mass is 9.97. The van der Waals surface area contributed by atoms with Crippen molar-refractivity contribution >= 4 is 60.4 Å². The van der Waals surface area contributed by atoms with Crippen LogP contribution in [0.5, 0.6) is 0 Å². The van der Waals surface area contributed by atoms with Crippen molar-refractivity contribution in [3.63, 3.8) is 0 Å². The highest BCUT2D eigenvalue weighted by molar-refractivity contribution is 6.16. The first-order valence-electron chi connectivity index (χ1n) is 19.9. The highest BCUT2D eigenvalue weighted by Crippen LogP contribution is 2.43. The Hall–Kier alpha value is -7.68. The molecule has 10 aromatic carbocycles. The largest absolute Gasteiger partial charge is 0.310 e. The topological polar surface area (TPSA) is 8.17 Å². The Labute approximate surface area is 338 Å². The molecule has 0 aliphatic heterocycles. The van der Waals surface area contributed by atoms with E-state index in [2.05, 4.69) is 240 Å². The van der Waals surface area contributed by atoms with Gasteiger partial charge in [-0.15, -0.1) is 0 Å². The molecule has 0 aliphatic rings. The van der Waals surface area contributed by atoms with Crippen LogP contribution in [0.25, 0.3) is 82.4 Å². The van der Waals surface area contributed by atoms with Crippen LogP contribution in [0.2, 0.25) is 0 Å². The first kappa shape index (κ1) is 33.6. The van der Waals surface area contributed by atoms with Gasteiger partial charge in [-0.3, -0.25) is 0 Å². The van der Waals surface area contributed by atoms with E-state index in [-0.39, 0.29) is 0 Å². The minimum atomic E-state index is 1.10. The van der Waals surface area contributed by atoms with Crippen LogP contribution in [0.4, 0.5) is 17.1 Å². The van der Waals surface area contributed by atoms with E-state index in [1.165, 1.54) is 76.7 Å². The first-order valence-corrected chi connectivity index (χ1v) is 19.9. The van der Waals surface area contributed by atoms with E-state index in [1.54, 1.807) is 0 Å². The number of nitrogens with zero attached hydrogens (tertiary/aromatic N) is 2. The third-order valence-corrected chi connectivity index (χ3v) is 11.5. The molecule has 2 nitrogen and oxygen atoms in total. The Morgan fingerprint density at radius 2 is 0.862 bits per heavy atom. The monoisotopic (exact) mass is 738 g/mol. The maximum absolute atomic E-state index is 2.42. The summed E-state index contributed by atoms with van der Waals surface area (Å²) in [5.74, 6) is 0. The molecule has 0 saturated heterocycles. The molecule has 0 spiro atoms. The molecule has 272 valence electrons. The molecule has 0 amide bonds. The molecular formula is C56H38N2. The minimum absolute atomic E-state index is 1.10. The molecule has 0 fully saturated rings. The fraction of sp³-hybridized carbons (Fsp3) is 0. The van der Waals surface area contributed by atoms with Crippen LogP contribution in [0.15, 0.2) is 231 Å². The van der Waals surface area contributed by atoms with Crippen molar-refractivity contribution in [1.29, 1.82) is 0 Å². The molecular weight excluding hydrogens is 701 g/mol. The van der Waals surface area contributed by atoms with Gasteiger partial charge in [0.15, 0.2) is 0 Å². The number of para-hydroxylation sites is 1. The number of hydrogen-bond acceptors (Lipinski definition) is 1. The summed E-state index contributed by atoms with van der Waals surface area (Å²) in [6.45, 7) is 0. The highest BCUT2D eigenvalue weighted by atomic mass is 15.1. The van der Waals surface area contributed by atoms with E-state index in [0.29, 0.717) is 0 Å². The third-order valence-electron chi connectivity index (χ3n) is 11.5. The zero-order valence-corrected chi connectivity index (χ0v) is 31.8. The van der Waals surface area contributed by atoms with Gasteiger partial charge in [-0.25, -0.2) is 0 Å². The summed E-state index contributed by atoms with van der Waals surface area (Å²) < 4.78 is 2.42. The summed E-state index contributed by atoms with van der Waals surface area (Å²) in [7, 11) is 0. The summed E-state index contributed by atoms with van der Waals surface area (Å²) in [5.41, 5.74) is 14.0. The lowest BCUT2D eigenvalue weighted by molar-refractivity contribution is 1.18. The second-order valence-corrected chi connectivity index (χ2v) is 15.0. The van der Waals surface area contributed by atoms with Crippen molar-refractivity contribution in [3.8, 4) is 39.1 Å². The van der Waals surface area contributed by atoms with E-state index in [4.69, 9.17) is 0 Å². The Kier molecular flexibility index (Phi) is 8.19. The predicted molar refractivity (Wildman–Crippen MR) is 247 cm³/mol. The SMILES string of the molecule is c1ccc(-c2ccc(N(c3cccc(-c4cccc5c4c4ccc(-c6ccccc6)cc4n5-c4ccccc4)c3)c3ccc4c(ccc5ccccc54)c3)cc2)cc1. The molecule has 1 heterocycles. The predicted octanol–water partition coefficient (Wildman–Crippen LogP) is 15.6. The van der Waals surface area contributed by atoms with E-state index in [1.807, 2.05) is 0 Å². The molecule has 0 radical (unpaired) electrons. The number of fused-ring (bicyclic) bond motifs is 6. The lowest BCUT2D eigenvalue weighted by Crippen LogP contribution is -2.10. The average molecular weight is 739 g/mol. The van der Waals surface area contributed by atoms with Crippen molar-refractivity contribution in [2.45, 2.75) is 0 Å². The van der Waals surface area contributed by atoms with Crippen LogP contribution in [0, 0.1) is 0 Å². The van der Waals surface area contributed by atoms with Crippen LogP contribution in [0.3, 0.4) is 0 Å². The summed E-state index contributed by atoms with van der Waals surface area (Å²) >= 11 is 0. The van der Waals surface area contributed by atoms with Gasteiger partial charge >= 0.3 is 0 Å². The van der Waals surface area contributed by atoms with Crippen LogP contribution in [-0.2, 0) is 0 Å². The molecule has 0 bridgehead atoms. The standard InChI is InChI=1S/C56H38N2/c1-4-14-39(15-5-1)41-28-31-47(32-29-41)57(49-33-35-51-45(37-49)27-26-42-18-10-11-23-50(42)51)48-22-12-19-44(36-48)52-24-13-25-54-56(52)53-34-30-43(40-16-6-2-7-17-40)38-55(53)58(54)46-20-8-3-9-21-46/h1-38H. The van der Waals surface area contributed by atoms with Gasteiger partial charge in [0.2, 0.25) is 0 Å². The van der Waals surface area contributed by atoms with E-state index in [9.17, 15) is 0 Å².